The first-order valence-electron chi connectivity index (χ1n) is 12.0. The number of carbonyl (C=O) groups excluding carboxylic acids is 5. The molecule has 208 valence electrons. The number of esters is 3. The van der Waals surface area contributed by atoms with E-state index in [0.29, 0.717) is 12.0 Å². The number of nitrogens with zero attached hydrogens (tertiary/aromatic N) is 1. The molecule has 0 N–H and O–H groups in total. The third-order valence-electron chi connectivity index (χ3n) is 5.64. The SMILES string of the molecule is CC(=O)OC[C@H]1OC2OC(C)(OCCCN(C=O)C(=O)c3ccccc3)O[C@@H]2[C@@H](OC(C)=O)[C@@H]1OC(C)=O. The number of rotatable bonds is 11. The lowest BCUT2D eigenvalue weighted by Crippen LogP contribution is -2.60. The highest BCUT2D eigenvalue weighted by molar-refractivity contribution is 5.99. The summed E-state index contributed by atoms with van der Waals surface area (Å²) in [5.74, 6) is -4.05. The molecule has 0 radical (unpaired) electrons. The molecule has 1 aromatic rings. The first kappa shape index (κ1) is 29.2. The Labute approximate surface area is 219 Å². The zero-order valence-corrected chi connectivity index (χ0v) is 21.5. The second-order valence-electron chi connectivity index (χ2n) is 8.73. The van der Waals surface area contributed by atoms with Crippen molar-refractivity contribution in [1.29, 1.82) is 0 Å². The Morgan fingerprint density at radius 3 is 2.24 bits per heavy atom. The molecule has 2 amide bonds. The molecule has 2 fully saturated rings. The third-order valence-corrected chi connectivity index (χ3v) is 5.64. The van der Waals surface area contributed by atoms with Gasteiger partial charge in [0.15, 0.2) is 24.6 Å². The number of hydrogen-bond acceptors (Lipinski definition) is 12. The van der Waals surface area contributed by atoms with Crippen LogP contribution in [0.4, 0.5) is 0 Å². The summed E-state index contributed by atoms with van der Waals surface area (Å²) in [6.45, 7) is 4.81. The number of benzene rings is 1. The lowest BCUT2D eigenvalue weighted by molar-refractivity contribution is -0.344. The standard InChI is InChI=1S/C25H31NO12/c1-15(28)32-13-19-20(34-16(2)29)21(35-17(3)30)22-24(36-19)38-25(4,37-22)33-12-8-11-26(14-27)23(31)18-9-6-5-7-10-18/h5-7,9-10,14,19-22,24H,8,11-13H2,1-4H3/t19-,20-,21+,22-,24?,25?/m1/s1. The highest BCUT2D eigenvalue weighted by atomic mass is 16.9. The Bertz CT molecular complexity index is 1020. The Balaban J connectivity index is 1.65. The van der Waals surface area contributed by atoms with Gasteiger partial charge in [-0.3, -0.25) is 33.6 Å². The zero-order valence-electron chi connectivity index (χ0n) is 21.5. The van der Waals surface area contributed by atoms with E-state index < -0.39 is 60.5 Å². The van der Waals surface area contributed by atoms with Gasteiger partial charge in [0.25, 0.3) is 11.9 Å². The third kappa shape index (κ3) is 7.57. The summed E-state index contributed by atoms with van der Waals surface area (Å²) in [7, 11) is 0. The average Bonchev–Trinajstić information content (AvgIpc) is 3.20. The summed E-state index contributed by atoms with van der Waals surface area (Å²) in [5.41, 5.74) is 0.373. The highest BCUT2D eigenvalue weighted by Crippen LogP contribution is 2.39. The van der Waals surface area contributed by atoms with Crippen molar-refractivity contribution >= 4 is 30.2 Å². The molecule has 13 nitrogen and oxygen atoms in total. The summed E-state index contributed by atoms with van der Waals surface area (Å²) in [6.07, 6.45) is -4.80. The number of hydrogen-bond donors (Lipinski definition) is 0. The van der Waals surface area contributed by atoms with Crippen molar-refractivity contribution in [2.45, 2.75) is 70.8 Å². The Morgan fingerprint density at radius 2 is 1.63 bits per heavy atom. The summed E-state index contributed by atoms with van der Waals surface area (Å²) in [6, 6.07) is 8.37. The van der Waals surface area contributed by atoms with Crippen LogP contribution in [-0.2, 0) is 52.3 Å². The van der Waals surface area contributed by atoms with E-state index in [1.807, 2.05) is 0 Å². The van der Waals surface area contributed by atoms with Crippen LogP contribution in [0, 0.1) is 0 Å². The fourth-order valence-electron chi connectivity index (χ4n) is 4.09. The smallest absolute Gasteiger partial charge is 0.303 e. The van der Waals surface area contributed by atoms with Crippen LogP contribution in [0.25, 0.3) is 0 Å². The van der Waals surface area contributed by atoms with Crippen molar-refractivity contribution in [3.05, 3.63) is 35.9 Å². The van der Waals surface area contributed by atoms with Gasteiger partial charge in [-0.1, -0.05) is 18.2 Å². The molecule has 2 saturated heterocycles. The van der Waals surface area contributed by atoms with Gasteiger partial charge in [0.05, 0.1) is 6.61 Å². The minimum absolute atomic E-state index is 0.0187. The molecular formula is C25H31NO12. The van der Waals surface area contributed by atoms with Crippen LogP contribution in [0.3, 0.4) is 0 Å². The van der Waals surface area contributed by atoms with Gasteiger partial charge in [-0.25, -0.2) is 0 Å². The summed E-state index contributed by atoms with van der Waals surface area (Å²) in [5, 5.41) is 0. The number of fused-ring (bicyclic) bond motifs is 1. The molecule has 0 spiro atoms. The van der Waals surface area contributed by atoms with E-state index in [0.717, 1.165) is 4.90 Å². The normalized spacial score (nSPS) is 28.1. The summed E-state index contributed by atoms with van der Waals surface area (Å²) < 4.78 is 39.1. The number of carbonyl (C=O) groups is 5. The largest absolute Gasteiger partial charge is 0.463 e. The molecule has 0 bridgehead atoms. The molecule has 0 aromatic heterocycles. The van der Waals surface area contributed by atoms with Crippen molar-refractivity contribution in [3.8, 4) is 0 Å². The van der Waals surface area contributed by atoms with Gasteiger partial charge in [0.1, 0.15) is 12.7 Å². The summed E-state index contributed by atoms with van der Waals surface area (Å²) >= 11 is 0. The van der Waals surface area contributed by atoms with Crippen molar-refractivity contribution in [3.63, 3.8) is 0 Å². The molecule has 2 aliphatic heterocycles. The molecule has 6 atom stereocenters. The van der Waals surface area contributed by atoms with E-state index in [4.69, 9.17) is 33.2 Å². The van der Waals surface area contributed by atoms with Crippen molar-refractivity contribution < 1.29 is 57.1 Å². The minimum atomic E-state index is -1.67. The second-order valence-corrected chi connectivity index (χ2v) is 8.73. The van der Waals surface area contributed by atoms with Crippen LogP contribution in [0.15, 0.2) is 30.3 Å². The van der Waals surface area contributed by atoms with E-state index in [1.165, 1.54) is 27.7 Å². The maximum atomic E-state index is 12.5. The maximum absolute atomic E-state index is 12.5. The summed E-state index contributed by atoms with van der Waals surface area (Å²) in [4.78, 5) is 59.9. The Kier molecular flexibility index (Phi) is 9.91. The molecule has 0 saturated carbocycles. The minimum Gasteiger partial charge on any atom is -0.463 e. The van der Waals surface area contributed by atoms with Gasteiger partial charge in [-0.05, 0) is 18.6 Å². The van der Waals surface area contributed by atoms with Crippen LogP contribution >= 0.6 is 0 Å². The van der Waals surface area contributed by atoms with Crippen molar-refractivity contribution in [1.82, 2.24) is 4.90 Å². The fraction of sp³-hybridized carbons (Fsp3) is 0.560. The Morgan fingerprint density at radius 1 is 0.974 bits per heavy atom. The molecule has 38 heavy (non-hydrogen) atoms. The van der Waals surface area contributed by atoms with Crippen molar-refractivity contribution in [2.24, 2.45) is 0 Å². The lowest BCUT2D eigenvalue weighted by Gasteiger charge is -2.40. The number of imide groups is 1. The first-order valence-corrected chi connectivity index (χ1v) is 12.0. The highest BCUT2D eigenvalue weighted by Gasteiger charge is 2.59. The molecular weight excluding hydrogens is 506 g/mol. The topological polar surface area (TPSA) is 153 Å². The average molecular weight is 538 g/mol. The van der Waals surface area contributed by atoms with Crippen molar-refractivity contribution in [2.75, 3.05) is 19.8 Å². The van der Waals surface area contributed by atoms with Gasteiger partial charge in [-0.15, -0.1) is 0 Å². The predicted molar refractivity (Wildman–Crippen MR) is 125 cm³/mol. The van der Waals surface area contributed by atoms with E-state index in [1.54, 1.807) is 30.3 Å². The molecule has 0 aliphatic carbocycles. The molecule has 2 unspecified atom stereocenters. The van der Waals surface area contributed by atoms with E-state index >= 15 is 0 Å². The fourth-order valence-corrected chi connectivity index (χ4v) is 4.09. The van der Waals surface area contributed by atoms with Gasteiger partial charge >= 0.3 is 17.9 Å². The van der Waals surface area contributed by atoms with Crippen LogP contribution < -0.4 is 0 Å². The first-order chi connectivity index (χ1) is 18.0. The van der Waals surface area contributed by atoms with Crippen LogP contribution in [0.2, 0.25) is 0 Å². The van der Waals surface area contributed by atoms with Crippen LogP contribution in [0.1, 0.15) is 44.5 Å². The predicted octanol–water partition coefficient (Wildman–Crippen LogP) is 0.932. The lowest BCUT2D eigenvalue weighted by atomic mass is 9.98. The van der Waals surface area contributed by atoms with Gasteiger partial charge in [0, 0.05) is 39.8 Å². The van der Waals surface area contributed by atoms with E-state index in [2.05, 4.69) is 0 Å². The monoisotopic (exact) mass is 537 g/mol. The molecule has 1 aromatic carbocycles. The maximum Gasteiger partial charge on any atom is 0.303 e. The second kappa shape index (κ2) is 12.9. The Hall–Kier alpha value is -3.39. The number of amides is 2. The molecule has 13 heteroatoms. The molecule has 2 aliphatic rings. The number of ether oxygens (including phenoxy) is 7. The molecule has 3 rings (SSSR count). The quantitative estimate of drug-likeness (QED) is 0.171. The zero-order chi connectivity index (χ0) is 27.9. The van der Waals surface area contributed by atoms with Gasteiger partial charge < -0.3 is 28.4 Å². The van der Waals surface area contributed by atoms with Gasteiger partial charge in [-0.2, -0.15) is 0 Å². The van der Waals surface area contributed by atoms with Gasteiger partial charge in [0.2, 0.25) is 6.41 Å². The van der Waals surface area contributed by atoms with E-state index in [9.17, 15) is 24.0 Å². The molecule has 2 heterocycles. The van der Waals surface area contributed by atoms with E-state index in [-0.39, 0.29) is 26.2 Å². The van der Waals surface area contributed by atoms with Crippen LogP contribution in [-0.4, -0.2) is 91.6 Å². The van der Waals surface area contributed by atoms with Crippen LogP contribution in [0.5, 0.6) is 0 Å².